The average Bonchev–Trinajstić information content (AvgIpc) is 2.08. The Bertz CT molecular complexity index is 216. The SMILES string of the molecule is COC(=O)[C@H]1CCC(C)=C(C)C1. The van der Waals surface area contributed by atoms with Crippen molar-refractivity contribution in [3.05, 3.63) is 11.1 Å². The van der Waals surface area contributed by atoms with Gasteiger partial charge in [0.2, 0.25) is 0 Å². The molecule has 0 amide bonds. The molecule has 0 aromatic rings. The van der Waals surface area contributed by atoms with Gasteiger partial charge in [-0.15, -0.1) is 0 Å². The fraction of sp³-hybridized carbons (Fsp3) is 0.700. The van der Waals surface area contributed by atoms with Crippen molar-refractivity contribution in [1.29, 1.82) is 0 Å². The molecule has 0 unspecified atom stereocenters. The number of allylic oxidation sites excluding steroid dienone is 2. The quantitative estimate of drug-likeness (QED) is 0.443. The van der Waals surface area contributed by atoms with Crippen LogP contribution in [0.2, 0.25) is 0 Å². The van der Waals surface area contributed by atoms with Gasteiger partial charge in [-0.3, -0.25) is 4.79 Å². The normalized spacial score (nSPS) is 24.1. The van der Waals surface area contributed by atoms with Crippen LogP contribution in [0, 0.1) is 5.92 Å². The molecule has 0 saturated carbocycles. The lowest BCUT2D eigenvalue weighted by Gasteiger charge is -2.21. The van der Waals surface area contributed by atoms with Gasteiger partial charge in [-0.1, -0.05) is 11.1 Å². The van der Waals surface area contributed by atoms with Crippen molar-refractivity contribution in [2.24, 2.45) is 5.92 Å². The molecular formula is C10H16O2. The van der Waals surface area contributed by atoms with Crippen LogP contribution < -0.4 is 0 Å². The number of rotatable bonds is 1. The van der Waals surface area contributed by atoms with Crippen molar-refractivity contribution < 1.29 is 9.53 Å². The summed E-state index contributed by atoms with van der Waals surface area (Å²) in [5.41, 5.74) is 2.80. The first kappa shape index (κ1) is 9.30. The topological polar surface area (TPSA) is 26.3 Å². The molecule has 0 heterocycles. The van der Waals surface area contributed by atoms with E-state index >= 15 is 0 Å². The highest BCUT2D eigenvalue weighted by molar-refractivity contribution is 5.72. The molecule has 1 rings (SSSR count). The largest absolute Gasteiger partial charge is 0.469 e. The summed E-state index contributed by atoms with van der Waals surface area (Å²) < 4.78 is 4.71. The highest BCUT2D eigenvalue weighted by atomic mass is 16.5. The van der Waals surface area contributed by atoms with E-state index in [4.69, 9.17) is 4.74 Å². The van der Waals surface area contributed by atoms with E-state index in [0.717, 1.165) is 19.3 Å². The fourth-order valence-corrected chi connectivity index (χ4v) is 1.62. The molecule has 0 spiro atoms. The van der Waals surface area contributed by atoms with Gasteiger partial charge >= 0.3 is 5.97 Å². The van der Waals surface area contributed by atoms with Gasteiger partial charge in [-0.25, -0.2) is 0 Å². The maximum Gasteiger partial charge on any atom is 0.308 e. The molecule has 0 radical (unpaired) electrons. The third-order valence-electron chi connectivity index (χ3n) is 2.68. The highest BCUT2D eigenvalue weighted by Crippen LogP contribution is 2.29. The number of carbonyl (C=O) groups is 1. The molecule has 0 fully saturated rings. The minimum atomic E-state index is -0.0538. The van der Waals surface area contributed by atoms with Gasteiger partial charge < -0.3 is 4.74 Å². The van der Waals surface area contributed by atoms with Gasteiger partial charge in [0, 0.05) is 0 Å². The molecule has 0 aromatic heterocycles. The number of esters is 1. The van der Waals surface area contributed by atoms with E-state index in [0.29, 0.717) is 0 Å². The van der Waals surface area contributed by atoms with Crippen LogP contribution in [-0.4, -0.2) is 13.1 Å². The van der Waals surface area contributed by atoms with Crippen molar-refractivity contribution in [2.75, 3.05) is 7.11 Å². The van der Waals surface area contributed by atoms with Gasteiger partial charge in [0.05, 0.1) is 13.0 Å². The van der Waals surface area contributed by atoms with Gasteiger partial charge in [-0.05, 0) is 33.1 Å². The van der Waals surface area contributed by atoms with E-state index in [1.165, 1.54) is 18.3 Å². The fourth-order valence-electron chi connectivity index (χ4n) is 1.62. The summed E-state index contributed by atoms with van der Waals surface area (Å²) in [5.74, 6) is 0.0561. The Kier molecular flexibility index (Phi) is 2.90. The van der Waals surface area contributed by atoms with Crippen LogP contribution in [0.3, 0.4) is 0 Å². The second kappa shape index (κ2) is 3.74. The molecule has 68 valence electrons. The minimum Gasteiger partial charge on any atom is -0.469 e. The summed E-state index contributed by atoms with van der Waals surface area (Å²) in [5, 5.41) is 0. The van der Waals surface area contributed by atoms with E-state index in [-0.39, 0.29) is 11.9 Å². The maximum absolute atomic E-state index is 11.2. The zero-order valence-electron chi connectivity index (χ0n) is 8.02. The summed E-state index contributed by atoms with van der Waals surface area (Å²) in [7, 11) is 1.46. The second-order valence-corrected chi connectivity index (χ2v) is 3.52. The van der Waals surface area contributed by atoms with E-state index in [9.17, 15) is 4.79 Å². The molecule has 1 atom stereocenters. The van der Waals surface area contributed by atoms with Crippen LogP contribution in [0.4, 0.5) is 0 Å². The Morgan fingerprint density at radius 3 is 2.58 bits per heavy atom. The second-order valence-electron chi connectivity index (χ2n) is 3.52. The first-order valence-electron chi connectivity index (χ1n) is 4.38. The van der Waals surface area contributed by atoms with E-state index in [1.54, 1.807) is 0 Å². The van der Waals surface area contributed by atoms with E-state index in [1.807, 2.05) is 0 Å². The lowest BCUT2D eigenvalue weighted by molar-refractivity contribution is -0.145. The van der Waals surface area contributed by atoms with Crippen LogP contribution in [0.5, 0.6) is 0 Å². The van der Waals surface area contributed by atoms with Crippen molar-refractivity contribution in [2.45, 2.75) is 33.1 Å². The zero-order chi connectivity index (χ0) is 9.14. The Hall–Kier alpha value is -0.790. The van der Waals surface area contributed by atoms with Gasteiger partial charge in [-0.2, -0.15) is 0 Å². The maximum atomic E-state index is 11.2. The molecule has 0 N–H and O–H groups in total. The van der Waals surface area contributed by atoms with Crippen LogP contribution in [0.25, 0.3) is 0 Å². The molecule has 0 aromatic carbocycles. The summed E-state index contributed by atoms with van der Waals surface area (Å²) in [6.45, 7) is 4.24. The Balaban J connectivity index is 2.60. The number of carbonyl (C=O) groups excluding carboxylic acids is 1. The molecule has 0 saturated heterocycles. The van der Waals surface area contributed by atoms with Crippen molar-refractivity contribution >= 4 is 5.97 Å². The Morgan fingerprint density at radius 2 is 2.08 bits per heavy atom. The van der Waals surface area contributed by atoms with Crippen LogP contribution in [0.15, 0.2) is 11.1 Å². The standard InChI is InChI=1S/C10H16O2/c1-7-4-5-9(6-8(7)2)10(11)12-3/h9H,4-6H2,1-3H3/t9-/m0/s1. The smallest absolute Gasteiger partial charge is 0.308 e. The molecular weight excluding hydrogens is 152 g/mol. The predicted molar refractivity (Wildman–Crippen MR) is 47.7 cm³/mol. The van der Waals surface area contributed by atoms with Gasteiger partial charge in [0.15, 0.2) is 0 Å². The number of hydrogen-bond donors (Lipinski definition) is 0. The molecule has 2 heteroatoms. The summed E-state index contributed by atoms with van der Waals surface area (Å²) >= 11 is 0. The van der Waals surface area contributed by atoms with Crippen LogP contribution in [0.1, 0.15) is 33.1 Å². The lowest BCUT2D eigenvalue weighted by Crippen LogP contribution is -2.19. The van der Waals surface area contributed by atoms with Crippen molar-refractivity contribution in [3.63, 3.8) is 0 Å². The number of ether oxygens (including phenoxy) is 1. The molecule has 12 heavy (non-hydrogen) atoms. The lowest BCUT2D eigenvalue weighted by atomic mass is 9.85. The molecule has 0 bridgehead atoms. The molecule has 0 aliphatic heterocycles. The van der Waals surface area contributed by atoms with E-state index in [2.05, 4.69) is 13.8 Å². The summed E-state index contributed by atoms with van der Waals surface area (Å²) in [4.78, 5) is 11.2. The minimum absolute atomic E-state index is 0.0538. The van der Waals surface area contributed by atoms with Gasteiger partial charge in [0.1, 0.15) is 0 Å². The highest BCUT2D eigenvalue weighted by Gasteiger charge is 2.23. The Morgan fingerprint density at radius 1 is 1.42 bits per heavy atom. The first-order valence-corrected chi connectivity index (χ1v) is 4.38. The first-order chi connectivity index (χ1) is 5.65. The van der Waals surface area contributed by atoms with Crippen LogP contribution >= 0.6 is 0 Å². The molecule has 1 aliphatic carbocycles. The van der Waals surface area contributed by atoms with Crippen LogP contribution in [-0.2, 0) is 9.53 Å². The number of hydrogen-bond acceptors (Lipinski definition) is 2. The molecule has 1 aliphatic rings. The monoisotopic (exact) mass is 168 g/mol. The van der Waals surface area contributed by atoms with Crippen molar-refractivity contribution in [3.8, 4) is 0 Å². The Labute approximate surface area is 73.6 Å². The third kappa shape index (κ3) is 1.87. The summed E-state index contributed by atoms with van der Waals surface area (Å²) in [6.07, 6.45) is 2.89. The summed E-state index contributed by atoms with van der Waals surface area (Å²) in [6, 6.07) is 0. The average molecular weight is 168 g/mol. The number of methoxy groups -OCH3 is 1. The predicted octanol–water partition coefficient (Wildman–Crippen LogP) is 2.30. The van der Waals surface area contributed by atoms with Gasteiger partial charge in [0.25, 0.3) is 0 Å². The third-order valence-corrected chi connectivity index (χ3v) is 2.68. The van der Waals surface area contributed by atoms with Crippen molar-refractivity contribution in [1.82, 2.24) is 0 Å². The zero-order valence-corrected chi connectivity index (χ0v) is 8.02. The molecule has 2 nitrogen and oxygen atoms in total. The van der Waals surface area contributed by atoms with E-state index < -0.39 is 0 Å².